The number of nitrogen functional groups attached to an aromatic ring is 1. The standard InChI is InChI=1S/C16H17FN2O2/c1-10(8-11-2-5-13(17)6-3-11)19-15-7-4-12(16(20)21)9-14(15)18/h2-7,9-10,19H,8,18H2,1H3,(H,20,21). The minimum atomic E-state index is -1.01. The summed E-state index contributed by atoms with van der Waals surface area (Å²) in [4.78, 5) is 10.8. The second-order valence-corrected chi connectivity index (χ2v) is 4.98. The molecule has 0 aromatic heterocycles. The molecular weight excluding hydrogens is 271 g/mol. The zero-order valence-electron chi connectivity index (χ0n) is 11.6. The van der Waals surface area contributed by atoms with Crippen molar-refractivity contribution in [3.63, 3.8) is 0 Å². The number of nitrogens with one attached hydrogen (secondary N) is 1. The number of anilines is 2. The molecule has 4 nitrogen and oxygen atoms in total. The average molecular weight is 288 g/mol. The molecule has 0 aliphatic rings. The highest BCUT2D eigenvalue weighted by Crippen LogP contribution is 2.21. The van der Waals surface area contributed by atoms with E-state index < -0.39 is 5.97 Å². The Morgan fingerprint density at radius 3 is 2.52 bits per heavy atom. The maximum absolute atomic E-state index is 12.8. The molecule has 0 aliphatic carbocycles. The predicted octanol–water partition coefficient (Wildman–Crippen LogP) is 3.15. The Hall–Kier alpha value is -2.56. The Labute approximate surface area is 122 Å². The summed E-state index contributed by atoms with van der Waals surface area (Å²) < 4.78 is 12.8. The fraction of sp³-hybridized carbons (Fsp3) is 0.188. The fourth-order valence-electron chi connectivity index (χ4n) is 2.12. The minimum absolute atomic E-state index is 0.0773. The van der Waals surface area contributed by atoms with Gasteiger partial charge >= 0.3 is 5.97 Å². The smallest absolute Gasteiger partial charge is 0.335 e. The Kier molecular flexibility index (Phi) is 4.42. The van der Waals surface area contributed by atoms with Gasteiger partial charge < -0.3 is 16.2 Å². The van der Waals surface area contributed by atoms with Crippen LogP contribution in [0, 0.1) is 5.82 Å². The lowest BCUT2D eigenvalue weighted by Crippen LogP contribution is -2.19. The van der Waals surface area contributed by atoms with Gasteiger partial charge in [0.25, 0.3) is 0 Å². The Balaban J connectivity index is 2.04. The van der Waals surface area contributed by atoms with E-state index in [-0.39, 0.29) is 17.4 Å². The van der Waals surface area contributed by atoms with Crippen LogP contribution in [0.25, 0.3) is 0 Å². The summed E-state index contributed by atoms with van der Waals surface area (Å²) in [6.07, 6.45) is 0.709. The zero-order chi connectivity index (χ0) is 15.4. The largest absolute Gasteiger partial charge is 0.478 e. The molecule has 2 rings (SSSR count). The first-order valence-corrected chi connectivity index (χ1v) is 6.59. The van der Waals surface area contributed by atoms with Gasteiger partial charge in [-0.25, -0.2) is 9.18 Å². The summed E-state index contributed by atoms with van der Waals surface area (Å²) in [5.41, 5.74) is 8.09. The lowest BCUT2D eigenvalue weighted by Gasteiger charge is -2.17. The number of nitrogens with two attached hydrogens (primary N) is 1. The number of benzene rings is 2. The summed E-state index contributed by atoms with van der Waals surface area (Å²) in [5, 5.41) is 12.1. The van der Waals surface area contributed by atoms with Crippen molar-refractivity contribution in [2.45, 2.75) is 19.4 Å². The van der Waals surface area contributed by atoms with Gasteiger partial charge in [-0.3, -0.25) is 0 Å². The highest BCUT2D eigenvalue weighted by atomic mass is 19.1. The van der Waals surface area contributed by atoms with E-state index in [1.807, 2.05) is 6.92 Å². The molecule has 0 fully saturated rings. The van der Waals surface area contributed by atoms with Gasteiger partial charge in [0.15, 0.2) is 0 Å². The van der Waals surface area contributed by atoms with Gasteiger partial charge in [-0.05, 0) is 49.2 Å². The van der Waals surface area contributed by atoms with Crippen LogP contribution >= 0.6 is 0 Å². The molecule has 0 saturated carbocycles. The summed E-state index contributed by atoms with van der Waals surface area (Å²) in [5.74, 6) is -1.26. The van der Waals surface area contributed by atoms with Crippen LogP contribution in [0.5, 0.6) is 0 Å². The Bertz CT molecular complexity index is 641. The van der Waals surface area contributed by atoms with Gasteiger partial charge in [-0.2, -0.15) is 0 Å². The second kappa shape index (κ2) is 6.26. The number of aromatic carboxylic acids is 1. The Morgan fingerprint density at radius 2 is 1.95 bits per heavy atom. The molecule has 0 aliphatic heterocycles. The van der Waals surface area contributed by atoms with Gasteiger partial charge in [-0.1, -0.05) is 12.1 Å². The topological polar surface area (TPSA) is 75.3 Å². The third kappa shape index (κ3) is 3.95. The monoisotopic (exact) mass is 288 g/mol. The number of carboxylic acids is 1. The Morgan fingerprint density at radius 1 is 1.29 bits per heavy atom. The molecule has 1 atom stereocenters. The SMILES string of the molecule is CC(Cc1ccc(F)cc1)Nc1ccc(C(=O)O)cc1N. The number of hydrogen-bond donors (Lipinski definition) is 3. The van der Waals surface area contributed by atoms with Crippen molar-refractivity contribution in [3.05, 3.63) is 59.4 Å². The van der Waals surface area contributed by atoms with Crippen molar-refractivity contribution in [2.75, 3.05) is 11.1 Å². The van der Waals surface area contributed by atoms with Gasteiger partial charge in [0.2, 0.25) is 0 Å². The molecule has 0 bridgehead atoms. The van der Waals surface area contributed by atoms with E-state index in [4.69, 9.17) is 10.8 Å². The summed E-state index contributed by atoms with van der Waals surface area (Å²) in [7, 11) is 0. The highest BCUT2D eigenvalue weighted by molar-refractivity contribution is 5.90. The average Bonchev–Trinajstić information content (AvgIpc) is 2.43. The number of hydrogen-bond acceptors (Lipinski definition) is 3. The summed E-state index contributed by atoms with van der Waals surface area (Å²) >= 11 is 0. The fourth-order valence-corrected chi connectivity index (χ4v) is 2.12. The van der Waals surface area contributed by atoms with Gasteiger partial charge in [-0.15, -0.1) is 0 Å². The van der Waals surface area contributed by atoms with Crippen molar-refractivity contribution >= 4 is 17.3 Å². The molecule has 0 heterocycles. The van der Waals surface area contributed by atoms with Crippen LogP contribution in [0.1, 0.15) is 22.8 Å². The molecule has 0 saturated heterocycles. The minimum Gasteiger partial charge on any atom is -0.478 e. The van der Waals surface area contributed by atoms with E-state index >= 15 is 0 Å². The van der Waals surface area contributed by atoms with Crippen molar-refractivity contribution in [1.82, 2.24) is 0 Å². The third-order valence-electron chi connectivity index (χ3n) is 3.16. The van der Waals surface area contributed by atoms with E-state index in [0.29, 0.717) is 17.8 Å². The van der Waals surface area contributed by atoms with Crippen LogP contribution in [0.2, 0.25) is 0 Å². The van der Waals surface area contributed by atoms with Crippen LogP contribution in [0.15, 0.2) is 42.5 Å². The van der Waals surface area contributed by atoms with Crippen LogP contribution in [0.4, 0.5) is 15.8 Å². The van der Waals surface area contributed by atoms with Crippen molar-refractivity contribution in [3.8, 4) is 0 Å². The molecule has 0 amide bonds. The van der Waals surface area contributed by atoms with E-state index in [2.05, 4.69) is 5.32 Å². The predicted molar refractivity (Wildman–Crippen MR) is 81.0 cm³/mol. The first kappa shape index (κ1) is 14.8. The number of rotatable bonds is 5. The molecule has 2 aromatic rings. The molecule has 1 unspecified atom stereocenters. The lowest BCUT2D eigenvalue weighted by atomic mass is 10.1. The molecule has 2 aromatic carbocycles. The number of carboxylic acid groups (broad SMARTS) is 1. The van der Waals surface area contributed by atoms with Crippen molar-refractivity contribution in [2.24, 2.45) is 0 Å². The van der Waals surface area contributed by atoms with Crippen molar-refractivity contribution in [1.29, 1.82) is 0 Å². The van der Waals surface area contributed by atoms with Gasteiger partial charge in [0.1, 0.15) is 5.82 Å². The normalized spacial score (nSPS) is 11.9. The summed E-state index contributed by atoms with van der Waals surface area (Å²) in [6, 6.07) is 11.0. The van der Waals surface area contributed by atoms with E-state index in [0.717, 1.165) is 5.56 Å². The summed E-state index contributed by atoms with van der Waals surface area (Å²) in [6.45, 7) is 1.98. The zero-order valence-corrected chi connectivity index (χ0v) is 11.6. The van der Waals surface area contributed by atoms with Crippen LogP contribution < -0.4 is 11.1 Å². The third-order valence-corrected chi connectivity index (χ3v) is 3.16. The molecule has 110 valence electrons. The van der Waals surface area contributed by atoms with Gasteiger partial charge in [0.05, 0.1) is 16.9 Å². The van der Waals surface area contributed by atoms with E-state index in [9.17, 15) is 9.18 Å². The van der Waals surface area contributed by atoms with Crippen LogP contribution in [-0.4, -0.2) is 17.1 Å². The van der Waals surface area contributed by atoms with E-state index in [1.165, 1.54) is 24.3 Å². The molecule has 4 N–H and O–H groups in total. The number of carbonyl (C=O) groups is 1. The van der Waals surface area contributed by atoms with Gasteiger partial charge in [0, 0.05) is 6.04 Å². The molecule has 5 heteroatoms. The van der Waals surface area contributed by atoms with Crippen LogP contribution in [0.3, 0.4) is 0 Å². The molecule has 0 spiro atoms. The first-order chi connectivity index (χ1) is 9.95. The maximum atomic E-state index is 12.8. The quantitative estimate of drug-likeness (QED) is 0.739. The molecule has 0 radical (unpaired) electrons. The second-order valence-electron chi connectivity index (χ2n) is 4.98. The van der Waals surface area contributed by atoms with Crippen LogP contribution in [-0.2, 0) is 6.42 Å². The highest BCUT2D eigenvalue weighted by Gasteiger charge is 2.09. The maximum Gasteiger partial charge on any atom is 0.335 e. The molecular formula is C16H17FN2O2. The van der Waals surface area contributed by atoms with E-state index in [1.54, 1.807) is 18.2 Å². The number of halogens is 1. The first-order valence-electron chi connectivity index (χ1n) is 6.59. The molecule has 21 heavy (non-hydrogen) atoms. The lowest BCUT2D eigenvalue weighted by molar-refractivity contribution is 0.0697. The van der Waals surface area contributed by atoms with Crippen molar-refractivity contribution < 1.29 is 14.3 Å².